The summed E-state index contributed by atoms with van der Waals surface area (Å²) in [6.45, 7) is 0. The van der Waals surface area contributed by atoms with Gasteiger partial charge in [-0.2, -0.15) is 0 Å². The predicted octanol–water partition coefficient (Wildman–Crippen LogP) is 2.44. The molecular weight excluding hydrogens is 198 g/mol. The van der Waals surface area contributed by atoms with Crippen LogP contribution in [0.15, 0.2) is 30.3 Å². The lowest BCUT2D eigenvalue weighted by atomic mass is 9.78. The average Bonchev–Trinajstić information content (AvgIpc) is 2.25. The van der Waals surface area contributed by atoms with Gasteiger partial charge in [0.2, 0.25) is 0 Å². The van der Waals surface area contributed by atoms with Crippen molar-refractivity contribution < 1.29 is 4.79 Å². The molecule has 1 atom stereocenters. The van der Waals surface area contributed by atoms with Gasteiger partial charge < -0.3 is 5.32 Å². The Balaban J connectivity index is 1.83. The van der Waals surface area contributed by atoms with Gasteiger partial charge in [-0.25, -0.2) is 0 Å². The lowest BCUT2D eigenvalue weighted by Crippen LogP contribution is -2.39. The third-order valence-corrected chi connectivity index (χ3v) is 3.55. The van der Waals surface area contributed by atoms with Gasteiger partial charge in [0, 0.05) is 6.04 Å². The third-order valence-electron chi connectivity index (χ3n) is 3.55. The van der Waals surface area contributed by atoms with Crippen LogP contribution in [-0.4, -0.2) is 12.5 Å². The fourth-order valence-corrected chi connectivity index (χ4v) is 2.31. The molecule has 2 heteroatoms. The molecule has 1 amide bonds. The Morgan fingerprint density at radius 2 is 2.06 bits per heavy atom. The summed E-state index contributed by atoms with van der Waals surface area (Å²) in [6.07, 6.45) is 7.75. The van der Waals surface area contributed by atoms with E-state index in [2.05, 4.69) is 29.6 Å². The number of aryl methyl sites for hydroxylation is 1. The van der Waals surface area contributed by atoms with Crippen LogP contribution in [0.1, 0.15) is 31.2 Å². The topological polar surface area (TPSA) is 29.1 Å². The van der Waals surface area contributed by atoms with E-state index in [1.54, 1.807) is 0 Å². The van der Waals surface area contributed by atoms with Crippen LogP contribution >= 0.6 is 0 Å². The molecule has 1 unspecified atom stereocenters. The van der Waals surface area contributed by atoms with E-state index in [4.69, 9.17) is 0 Å². The summed E-state index contributed by atoms with van der Waals surface area (Å²) in [4.78, 5) is 10.4. The van der Waals surface area contributed by atoms with Gasteiger partial charge in [0.25, 0.3) is 0 Å². The summed E-state index contributed by atoms with van der Waals surface area (Å²) >= 11 is 0. The molecule has 0 bridgehead atoms. The van der Waals surface area contributed by atoms with E-state index in [-0.39, 0.29) is 0 Å². The van der Waals surface area contributed by atoms with Gasteiger partial charge in [0.05, 0.1) is 0 Å². The van der Waals surface area contributed by atoms with Gasteiger partial charge in [-0.3, -0.25) is 4.79 Å². The molecule has 0 aromatic heterocycles. The Bertz CT molecular complexity index is 319. The minimum Gasteiger partial charge on any atom is -0.345 e. The van der Waals surface area contributed by atoms with Crippen LogP contribution in [0.5, 0.6) is 0 Å². The fraction of sp³-hybridized carbons (Fsp3) is 0.500. The van der Waals surface area contributed by atoms with E-state index in [0.717, 1.165) is 12.8 Å². The van der Waals surface area contributed by atoms with Crippen molar-refractivity contribution in [2.75, 3.05) is 0 Å². The van der Waals surface area contributed by atoms with Crippen LogP contribution in [0.2, 0.25) is 0 Å². The molecule has 0 spiro atoms. The molecule has 1 N–H and O–H groups in total. The van der Waals surface area contributed by atoms with Gasteiger partial charge >= 0.3 is 6.41 Å². The summed E-state index contributed by atoms with van der Waals surface area (Å²) in [5.41, 5.74) is 1.35. The van der Waals surface area contributed by atoms with Gasteiger partial charge in [0.15, 0.2) is 0 Å². The first-order valence-corrected chi connectivity index (χ1v) is 6.07. The third kappa shape index (κ3) is 2.84. The maximum absolute atomic E-state index is 10.4. The first-order valence-electron chi connectivity index (χ1n) is 6.07. The van der Waals surface area contributed by atoms with E-state index in [0.29, 0.717) is 12.0 Å². The highest BCUT2D eigenvalue weighted by molar-refractivity contribution is 5.47. The van der Waals surface area contributed by atoms with Crippen molar-refractivity contribution >= 4 is 6.41 Å². The standard InChI is InChI=1S/C14H18NO/c16-11-15-14(13-7-4-8-13)10-9-12-5-2-1-3-6-12/h1-3,5-6,13-14H,4,7-10H2,(H,15,16). The summed E-state index contributed by atoms with van der Waals surface area (Å²) in [5, 5.41) is 2.85. The van der Waals surface area contributed by atoms with Crippen LogP contribution in [-0.2, 0) is 11.2 Å². The second-order valence-corrected chi connectivity index (χ2v) is 4.57. The minimum absolute atomic E-state index is 0.325. The normalized spacial score (nSPS) is 17.5. The number of nitrogens with one attached hydrogen (secondary N) is 1. The summed E-state index contributed by atoms with van der Waals surface area (Å²) in [5.74, 6) is 0.685. The summed E-state index contributed by atoms with van der Waals surface area (Å²) in [7, 11) is 0. The summed E-state index contributed by atoms with van der Waals surface area (Å²) < 4.78 is 0. The van der Waals surface area contributed by atoms with Gasteiger partial charge in [0.1, 0.15) is 0 Å². The second-order valence-electron chi connectivity index (χ2n) is 4.57. The zero-order valence-corrected chi connectivity index (χ0v) is 9.49. The SMILES string of the molecule is O=[C]NC(CCc1ccccc1)C1CCC1. The molecular formula is C14H18NO. The van der Waals surface area contributed by atoms with Crippen molar-refractivity contribution in [2.24, 2.45) is 5.92 Å². The molecule has 1 saturated carbocycles. The Hall–Kier alpha value is -1.31. The maximum Gasteiger partial charge on any atom is 0.309 e. The minimum atomic E-state index is 0.325. The molecule has 1 aromatic carbocycles. The molecule has 1 aromatic rings. The monoisotopic (exact) mass is 216 g/mol. The Morgan fingerprint density at radius 3 is 2.62 bits per heavy atom. The first kappa shape index (κ1) is 11.2. The number of carbonyl (C=O) groups excluding carboxylic acids is 1. The molecule has 1 aliphatic carbocycles. The highest BCUT2D eigenvalue weighted by Crippen LogP contribution is 2.31. The molecule has 0 aliphatic heterocycles. The fourth-order valence-electron chi connectivity index (χ4n) is 2.31. The van der Waals surface area contributed by atoms with E-state index in [1.807, 2.05) is 12.5 Å². The van der Waals surface area contributed by atoms with E-state index in [9.17, 15) is 4.79 Å². The largest absolute Gasteiger partial charge is 0.345 e. The zero-order chi connectivity index (χ0) is 11.2. The molecule has 1 radical (unpaired) electrons. The van der Waals surface area contributed by atoms with Crippen molar-refractivity contribution in [3.8, 4) is 0 Å². The molecule has 16 heavy (non-hydrogen) atoms. The number of hydrogen-bond donors (Lipinski definition) is 1. The number of hydrogen-bond acceptors (Lipinski definition) is 1. The predicted molar refractivity (Wildman–Crippen MR) is 64.7 cm³/mol. The van der Waals surface area contributed by atoms with E-state index >= 15 is 0 Å². The quantitative estimate of drug-likeness (QED) is 0.727. The van der Waals surface area contributed by atoms with Gasteiger partial charge in [-0.05, 0) is 37.2 Å². The van der Waals surface area contributed by atoms with Gasteiger partial charge in [-0.1, -0.05) is 36.8 Å². The van der Waals surface area contributed by atoms with Crippen molar-refractivity contribution in [3.05, 3.63) is 35.9 Å². The Labute approximate surface area is 97.1 Å². The Morgan fingerprint density at radius 1 is 1.31 bits per heavy atom. The lowest BCUT2D eigenvalue weighted by molar-refractivity contribution is 0.236. The zero-order valence-electron chi connectivity index (χ0n) is 9.49. The molecule has 1 fully saturated rings. The average molecular weight is 216 g/mol. The van der Waals surface area contributed by atoms with E-state index < -0.39 is 0 Å². The molecule has 85 valence electrons. The lowest BCUT2D eigenvalue weighted by Gasteiger charge is -2.33. The molecule has 2 rings (SSSR count). The molecule has 1 aliphatic rings. The van der Waals surface area contributed by atoms with Crippen LogP contribution in [0.3, 0.4) is 0 Å². The van der Waals surface area contributed by atoms with Gasteiger partial charge in [-0.15, -0.1) is 0 Å². The van der Waals surface area contributed by atoms with Crippen LogP contribution in [0.4, 0.5) is 0 Å². The molecule has 0 saturated heterocycles. The van der Waals surface area contributed by atoms with E-state index in [1.165, 1.54) is 24.8 Å². The van der Waals surface area contributed by atoms with Crippen molar-refractivity contribution in [2.45, 2.75) is 38.1 Å². The highest BCUT2D eigenvalue weighted by Gasteiger charge is 2.26. The first-order chi connectivity index (χ1) is 7.90. The number of benzene rings is 1. The second kappa shape index (κ2) is 5.69. The summed E-state index contributed by atoms with van der Waals surface area (Å²) in [6, 6.07) is 10.8. The maximum atomic E-state index is 10.4. The van der Waals surface area contributed by atoms with Crippen molar-refractivity contribution in [1.29, 1.82) is 0 Å². The van der Waals surface area contributed by atoms with Crippen LogP contribution < -0.4 is 5.32 Å². The Kier molecular flexibility index (Phi) is 3.97. The number of amides is 1. The van der Waals surface area contributed by atoms with Crippen LogP contribution in [0, 0.1) is 5.92 Å². The molecule has 0 heterocycles. The van der Waals surface area contributed by atoms with Crippen molar-refractivity contribution in [3.63, 3.8) is 0 Å². The van der Waals surface area contributed by atoms with Crippen molar-refractivity contribution in [1.82, 2.24) is 5.32 Å². The van der Waals surface area contributed by atoms with Crippen LogP contribution in [0.25, 0.3) is 0 Å². The smallest absolute Gasteiger partial charge is 0.309 e. The highest BCUT2D eigenvalue weighted by atomic mass is 16.1. The molecule has 2 nitrogen and oxygen atoms in total. The number of rotatable bonds is 6.